The Kier molecular flexibility index (Phi) is 14.8. The van der Waals surface area contributed by atoms with Gasteiger partial charge in [0.15, 0.2) is 0 Å². The van der Waals surface area contributed by atoms with Gasteiger partial charge in [0.2, 0.25) is 0 Å². The van der Waals surface area contributed by atoms with Crippen molar-refractivity contribution in [3.8, 4) is 0 Å². The van der Waals surface area contributed by atoms with Crippen LogP contribution in [0.2, 0.25) is 0 Å². The average Bonchev–Trinajstić information content (AvgIpc) is 3.21. The lowest BCUT2D eigenvalue weighted by Crippen LogP contribution is -2.47. The molecule has 2 N–H and O–H groups in total. The number of methoxy groups -OCH3 is 1. The van der Waals surface area contributed by atoms with Gasteiger partial charge >= 0.3 is 23.9 Å². The monoisotopic (exact) mass is 758 g/mol. The van der Waals surface area contributed by atoms with E-state index in [2.05, 4.69) is 6.92 Å². The highest BCUT2D eigenvalue weighted by atomic mass is 17.2. The molecule has 6 saturated carbocycles. The van der Waals surface area contributed by atoms with E-state index in [1.165, 1.54) is 71.3 Å². The number of hydrogen-bond acceptors (Lipinski definition) is 8. The van der Waals surface area contributed by atoms with Crippen molar-refractivity contribution in [3.05, 3.63) is 0 Å². The molecule has 6 aliphatic carbocycles. The van der Waals surface area contributed by atoms with Gasteiger partial charge in [-0.05, 0) is 138 Å². The van der Waals surface area contributed by atoms with E-state index in [9.17, 15) is 29.4 Å². The lowest BCUT2D eigenvalue weighted by atomic mass is 9.59. The maximum absolute atomic E-state index is 13.6. The first-order chi connectivity index (χ1) is 26.1. The second-order valence-electron chi connectivity index (χ2n) is 18.7. The molecular formula is C44H70O10. The van der Waals surface area contributed by atoms with E-state index in [0.717, 1.165) is 64.2 Å². The zero-order valence-corrected chi connectivity index (χ0v) is 33.3. The lowest BCUT2D eigenvalue weighted by molar-refractivity contribution is -0.338. The molecule has 6 aliphatic rings. The first kappa shape index (κ1) is 41.4. The van der Waals surface area contributed by atoms with E-state index in [4.69, 9.17) is 19.2 Å². The highest BCUT2D eigenvalue weighted by Crippen LogP contribution is 2.51. The minimum atomic E-state index is -0.887. The van der Waals surface area contributed by atoms with Gasteiger partial charge in [0.25, 0.3) is 0 Å². The summed E-state index contributed by atoms with van der Waals surface area (Å²) in [5.74, 6) is -1.29. The Morgan fingerprint density at radius 2 is 1.06 bits per heavy atom. The van der Waals surface area contributed by atoms with Crippen molar-refractivity contribution >= 4 is 23.9 Å². The van der Waals surface area contributed by atoms with E-state index in [1.807, 2.05) is 0 Å². The number of rotatable bonds is 13. The quantitative estimate of drug-likeness (QED) is 0.106. The Morgan fingerprint density at radius 1 is 0.556 bits per heavy atom. The summed E-state index contributed by atoms with van der Waals surface area (Å²) in [4.78, 5) is 63.2. The van der Waals surface area contributed by atoms with Crippen LogP contribution in [-0.2, 0) is 38.4 Å². The molecule has 6 rings (SSSR count). The maximum Gasteiger partial charge on any atom is 0.312 e. The average molecular weight is 759 g/mol. The maximum atomic E-state index is 13.6. The fourth-order valence-electron chi connectivity index (χ4n) is 12.5. The number of ether oxygens (including phenoxy) is 2. The van der Waals surface area contributed by atoms with Gasteiger partial charge in [-0.25, -0.2) is 9.78 Å². The molecule has 306 valence electrons. The van der Waals surface area contributed by atoms with E-state index in [0.29, 0.717) is 56.0 Å². The Bertz CT molecular complexity index is 1240. The third-order valence-corrected chi connectivity index (χ3v) is 15.9. The largest absolute Gasteiger partial charge is 0.481 e. The van der Waals surface area contributed by atoms with Crippen LogP contribution >= 0.6 is 0 Å². The van der Waals surface area contributed by atoms with Crippen LogP contribution in [0.3, 0.4) is 0 Å². The first-order valence-corrected chi connectivity index (χ1v) is 22.1. The number of carboxylic acid groups (broad SMARTS) is 2. The molecule has 0 aromatic heterocycles. The topological polar surface area (TPSA) is 146 Å². The standard InChI is InChI=1S/C44H70O10/c1-44(43(50)51-2,33-15-19-35(20-16-33)53-42(49)39-26-31(14-24-38(39)41(47)48)29-11-7-4-8-12-29)34-17-21-36(22-18-34)54-52-27-32-25-30(13-23-37(32)40(45)46)28-9-5-3-6-10-28/h28-39H,3-27H2,1-2H3,(H,45,46)(H,47,48). The van der Waals surface area contributed by atoms with Gasteiger partial charge in [0, 0.05) is 0 Å². The zero-order chi connectivity index (χ0) is 38.2. The van der Waals surface area contributed by atoms with Crippen LogP contribution in [-0.4, -0.2) is 60.0 Å². The highest BCUT2D eigenvalue weighted by Gasteiger charge is 2.51. The second kappa shape index (κ2) is 19.3. The predicted octanol–water partition coefficient (Wildman–Crippen LogP) is 9.17. The fraction of sp³-hybridized carbons (Fsp3) is 0.909. The Balaban J connectivity index is 0.974. The molecule has 10 heteroatoms. The third-order valence-electron chi connectivity index (χ3n) is 15.9. The van der Waals surface area contributed by atoms with Crippen molar-refractivity contribution < 1.29 is 48.6 Å². The Morgan fingerprint density at radius 3 is 1.57 bits per heavy atom. The molecule has 0 spiro atoms. The van der Waals surface area contributed by atoms with E-state index < -0.39 is 29.2 Å². The van der Waals surface area contributed by atoms with Crippen LogP contribution in [0.1, 0.15) is 161 Å². The van der Waals surface area contributed by atoms with Gasteiger partial charge < -0.3 is 19.7 Å². The summed E-state index contributed by atoms with van der Waals surface area (Å²) in [6.07, 6.45) is 22.8. The van der Waals surface area contributed by atoms with Crippen LogP contribution in [0.5, 0.6) is 0 Å². The van der Waals surface area contributed by atoms with Gasteiger partial charge in [-0.15, -0.1) is 0 Å². The van der Waals surface area contributed by atoms with Crippen molar-refractivity contribution in [1.29, 1.82) is 0 Å². The highest BCUT2D eigenvalue weighted by molar-refractivity contribution is 5.81. The number of carboxylic acids is 2. The number of carbonyl (C=O) groups is 4. The molecule has 0 aromatic rings. The SMILES string of the molecule is COC(=O)C(C)(C1CCC(OOCC2CC(C3CCCCC3)CCC2C(=O)O)CC1)C1CCC(OC(=O)C2CC(C3CCCCC3)CCC2C(=O)O)CC1. The lowest BCUT2D eigenvalue weighted by Gasteiger charge is -2.46. The minimum Gasteiger partial charge on any atom is -0.481 e. The molecule has 7 atom stereocenters. The van der Waals surface area contributed by atoms with Crippen LogP contribution in [0.25, 0.3) is 0 Å². The molecule has 0 amide bonds. The third kappa shape index (κ3) is 9.84. The summed E-state index contributed by atoms with van der Waals surface area (Å²) < 4.78 is 11.6. The molecule has 0 bridgehead atoms. The van der Waals surface area contributed by atoms with Crippen LogP contribution < -0.4 is 0 Å². The van der Waals surface area contributed by atoms with Crippen molar-refractivity contribution in [2.75, 3.05) is 13.7 Å². The molecule has 0 saturated heterocycles. The minimum absolute atomic E-state index is 0.0312. The van der Waals surface area contributed by atoms with Crippen LogP contribution in [0.15, 0.2) is 0 Å². The van der Waals surface area contributed by atoms with E-state index in [-0.39, 0.29) is 47.8 Å². The van der Waals surface area contributed by atoms with Gasteiger partial charge in [0.05, 0.1) is 43.0 Å². The van der Waals surface area contributed by atoms with Gasteiger partial charge in [-0.3, -0.25) is 19.2 Å². The van der Waals surface area contributed by atoms with Gasteiger partial charge in [-0.2, -0.15) is 0 Å². The summed E-state index contributed by atoms with van der Waals surface area (Å²) in [5, 5.41) is 19.9. The van der Waals surface area contributed by atoms with E-state index in [1.54, 1.807) is 0 Å². The van der Waals surface area contributed by atoms with Crippen molar-refractivity contribution in [1.82, 2.24) is 0 Å². The van der Waals surface area contributed by atoms with Gasteiger partial charge in [-0.1, -0.05) is 64.2 Å². The number of esters is 2. The second-order valence-corrected chi connectivity index (χ2v) is 18.7. The predicted molar refractivity (Wildman–Crippen MR) is 202 cm³/mol. The van der Waals surface area contributed by atoms with Gasteiger partial charge in [0.1, 0.15) is 6.10 Å². The molecule has 54 heavy (non-hydrogen) atoms. The molecule has 0 aromatic carbocycles. The molecule has 0 heterocycles. The summed E-state index contributed by atoms with van der Waals surface area (Å²) in [5.41, 5.74) is -0.675. The zero-order valence-electron chi connectivity index (χ0n) is 33.3. The van der Waals surface area contributed by atoms with Crippen molar-refractivity contribution in [3.63, 3.8) is 0 Å². The number of hydrogen-bond donors (Lipinski definition) is 2. The Labute approximate surface area is 323 Å². The fourth-order valence-corrected chi connectivity index (χ4v) is 12.5. The van der Waals surface area contributed by atoms with Crippen molar-refractivity contribution in [2.24, 2.45) is 64.6 Å². The summed E-state index contributed by atoms with van der Waals surface area (Å²) in [7, 11) is 1.47. The summed E-state index contributed by atoms with van der Waals surface area (Å²) in [6.45, 7) is 2.37. The molecule has 0 radical (unpaired) electrons. The Hall–Kier alpha value is -2.20. The normalized spacial score (nSPS) is 37.1. The smallest absolute Gasteiger partial charge is 0.312 e. The molecule has 6 fully saturated rings. The number of carbonyl (C=O) groups excluding carboxylic acids is 2. The summed E-state index contributed by atoms with van der Waals surface area (Å²) >= 11 is 0. The first-order valence-electron chi connectivity index (χ1n) is 22.1. The molecule has 10 nitrogen and oxygen atoms in total. The van der Waals surface area contributed by atoms with E-state index >= 15 is 0 Å². The molecule has 0 aliphatic heterocycles. The summed E-state index contributed by atoms with van der Waals surface area (Å²) in [6, 6.07) is 0. The molecular weight excluding hydrogens is 688 g/mol. The molecule has 7 unspecified atom stereocenters. The van der Waals surface area contributed by atoms with Crippen LogP contribution in [0, 0.1) is 64.6 Å². The van der Waals surface area contributed by atoms with Crippen molar-refractivity contribution in [2.45, 2.75) is 173 Å². The van der Waals surface area contributed by atoms with Crippen LogP contribution in [0.4, 0.5) is 0 Å². The number of aliphatic carboxylic acids is 2.